The van der Waals surface area contributed by atoms with Crippen LogP contribution in [0, 0.1) is 0 Å². The van der Waals surface area contributed by atoms with E-state index in [4.69, 9.17) is 0 Å². The van der Waals surface area contributed by atoms with Gasteiger partial charge in [0.1, 0.15) is 5.82 Å². The Labute approximate surface area is 119 Å². The molecule has 0 atom stereocenters. The molecule has 1 rings (SSSR count). The van der Waals surface area contributed by atoms with Gasteiger partial charge < -0.3 is 16.0 Å². The zero-order valence-corrected chi connectivity index (χ0v) is 12.2. The third kappa shape index (κ3) is 5.69. The first-order valence-corrected chi connectivity index (χ1v) is 6.80. The number of rotatable bonds is 7. The molecule has 1 aromatic heterocycles. The third-order valence-electron chi connectivity index (χ3n) is 2.47. The van der Waals surface area contributed by atoms with Crippen LogP contribution < -0.4 is 16.0 Å². The topological polar surface area (TPSA) is 83.1 Å². The number of nitrogens with one attached hydrogen (secondary N) is 3. The summed E-state index contributed by atoms with van der Waals surface area (Å²) in [4.78, 5) is 27.3. The number of amides is 2. The van der Waals surface area contributed by atoms with Gasteiger partial charge in [0.05, 0.1) is 5.56 Å². The number of hydrogen-bond donors (Lipinski definition) is 3. The minimum absolute atomic E-state index is 0.0686. The quantitative estimate of drug-likeness (QED) is 0.699. The SMILES string of the molecule is CCNc1ccc(C(=O)NCCC(=O)NC(C)C)cn1. The predicted octanol–water partition coefficient (Wildman–Crippen LogP) is 1.16. The molecule has 0 fully saturated rings. The van der Waals surface area contributed by atoms with E-state index in [2.05, 4.69) is 20.9 Å². The molecule has 20 heavy (non-hydrogen) atoms. The second kappa shape index (κ2) is 8.14. The van der Waals surface area contributed by atoms with Gasteiger partial charge in [-0.1, -0.05) is 0 Å². The molecular formula is C14H22N4O2. The molecule has 0 bridgehead atoms. The second-order valence-electron chi connectivity index (χ2n) is 4.69. The van der Waals surface area contributed by atoms with E-state index >= 15 is 0 Å². The van der Waals surface area contributed by atoms with E-state index in [1.807, 2.05) is 20.8 Å². The summed E-state index contributed by atoms with van der Waals surface area (Å²) in [7, 11) is 0. The molecule has 110 valence electrons. The number of pyridine rings is 1. The summed E-state index contributed by atoms with van der Waals surface area (Å²) in [5, 5.41) is 8.52. The summed E-state index contributed by atoms with van der Waals surface area (Å²) < 4.78 is 0. The Balaban J connectivity index is 2.37. The average molecular weight is 278 g/mol. The molecule has 0 aromatic carbocycles. The van der Waals surface area contributed by atoms with E-state index in [0.29, 0.717) is 12.1 Å². The molecule has 1 aromatic rings. The van der Waals surface area contributed by atoms with E-state index in [0.717, 1.165) is 12.4 Å². The van der Waals surface area contributed by atoms with Crippen molar-refractivity contribution < 1.29 is 9.59 Å². The van der Waals surface area contributed by atoms with Gasteiger partial charge >= 0.3 is 0 Å². The van der Waals surface area contributed by atoms with Gasteiger partial charge in [0.25, 0.3) is 5.91 Å². The Kier molecular flexibility index (Phi) is 6.49. The zero-order chi connectivity index (χ0) is 15.0. The molecule has 0 aliphatic heterocycles. The Bertz CT molecular complexity index is 443. The van der Waals surface area contributed by atoms with Crippen molar-refractivity contribution in [3.63, 3.8) is 0 Å². The molecule has 0 radical (unpaired) electrons. The van der Waals surface area contributed by atoms with Gasteiger partial charge in [0, 0.05) is 31.7 Å². The van der Waals surface area contributed by atoms with Crippen LogP contribution in [0.2, 0.25) is 0 Å². The number of carbonyl (C=O) groups excluding carboxylic acids is 2. The van der Waals surface area contributed by atoms with Crippen LogP contribution in [0.1, 0.15) is 37.6 Å². The molecule has 0 saturated carbocycles. The average Bonchev–Trinajstić information content (AvgIpc) is 2.39. The van der Waals surface area contributed by atoms with Crippen LogP contribution >= 0.6 is 0 Å². The van der Waals surface area contributed by atoms with Crippen molar-refractivity contribution in [3.05, 3.63) is 23.9 Å². The van der Waals surface area contributed by atoms with Crippen LogP contribution in [0.4, 0.5) is 5.82 Å². The van der Waals surface area contributed by atoms with Crippen LogP contribution in [-0.4, -0.2) is 35.9 Å². The number of carbonyl (C=O) groups is 2. The van der Waals surface area contributed by atoms with E-state index in [1.54, 1.807) is 12.1 Å². The Morgan fingerprint density at radius 3 is 2.60 bits per heavy atom. The molecule has 0 spiro atoms. The van der Waals surface area contributed by atoms with E-state index in [-0.39, 0.29) is 24.3 Å². The molecule has 6 nitrogen and oxygen atoms in total. The van der Waals surface area contributed by atoms with E-state index in [9.17, 15) is 9.59 Å². The molecular weight excluding hydrogens is 256 g/mol. The van der Waals surface area contributed by atoms with Crippen molar-refractivity contribution in [2.45, 2.75) is 33.2 Å². The standard InChI is InChI=1S/C14H22N4O2/c1-4-15-12-6-5-11(9-17-12)14(20)16-8-7-13(19)18-10(2)3/h5-6,9-10H,4,7-8H2,1-3H3,(H,15,17)(H,16,20)(H,18,19). The summed E-state index contributed by atoms with van der Waals surface area (Å²) in [5.74, 6) is 0.444. The Hall–Kier alpha value is -2.11. The van der Waals surface area contributed by atoms with Crippen molar-refractivity contribution in [2.75, 3.05) is 18.4 Å². The zero-order valence-electron chi connectivity index (χ0n) is 12.2. The van der Waals surface area contributed by atoms with Crippen molar-refractivity contribution in [2.24, 2.45) is 0 Å². The molecule has 2 amide bonds. The van der Waals surface area contributed by atoms with Crippen LogP contribution in [0.3, 0.4) is 0 Å². The van der Waals surface area contributed by atoms with Gasteiger partial charge in [-0.15, -0.1) is 0 Å². The smallest absolute Gasteiger partial charge is 0.252 e. The summed E-state index contributed by atoms with van der Waals surface area (Å²) in [6.07, 6.45) is 1.79. The summed E-state index contributed by atoms with van der Waals surface area (Å²) >= 11 is 0. The highest BCUT2D eigenvalue weighted by molar-refractivity contribution is 5.94. The molecule has 1 heterocycles. The van der Waals surface area contributed by atoms with E-state index in [1.165, 1.54) is 6.20 Å². The monoisotopic (exact) mass is 278 g/mol. The minimum atomic E-state index is -0.224. The van der Waals surface area contributed by atoms with Crippen molar-refractivity contribution in [1.82, 2.24) is 15.6 Å². The van der Waals surface area contributed by atoms with Gasteiger partial charge in [0.2, 0.25) is 5.91 Å². The molecule has 3 N–H and O–H groups in total. The lowest BCUT2D eigenvalue weighted by Gasteiger charge is -2.09. The van der Waals surface area contributed by atoms with Gasteiger partial charge in [-0.05, 0) is 32.9 Å². The number of nitrogens with zero attached hydrogens (tertiary/aromatic N) is 1. The number of aromatic nitrogens is 1. The van der Waals surface area contributed by atoms with Crippen LogP contribution in [0.5, 0.6) is 0 Å². The highest BCUT2D eigenvalue weighted by atomic mass is 16.2. The van der Waals surface area contributed by atoms with Gasteiger partial charge in [-0.3, -0.25) is 9.59 Å². The first kappa shape index (κ1) is 15.9. The van der Waals surface area contributed by atoms with Crippen molar-refractivity contribution in [3.8, 4) is 0 Å². The first-order valence-electron chi connectivity index (χ1n) is 6.80. The van der Waals surface area contributed by atoms with Gasteiger partial charge in [0.15, 0.2) is 0 Å². The lowest BCUT2D eigenvalue weighted by molar-refractivity contribution is -0.121. The summed E-state index contributed by atoms with van der Waals surface area (Å²) in [5.41, 5.74) is 0.482. The van der Waals surface area contributed by atoms with Crippen molar-refractivity contribution >= 4 is 17.6 Å². The maximum atomic E-state index is 11.8. The maximum Gasteiger partial charge on any atom is 0.252 e. The number of hydrogen-bond acceptors (Lipinski definition) is 4. The molecule has 0 unspecified atom stereocenters. The van der Waals surface area contributed by atoms with Gasteiger partial charge in [-0.25, -0.2) is 4.98 Å². The maximum absolute atomic E-state index is 11.8. The molecule has 6 heteroatoms. The van der Waals surface area contributed by atoms with Crippen LogP contribution in [0.15, 0.2) is 18.3 Å². The molecule has 0 aliphatic carbocycles. The van der Waals surface area contributed by atoms with Crippen LogP contribution in [-0.2, 0) is 4.79 Å². The Morgan fingerprint density at radius 2 is 2.05 bits per heavy atom. The molecule has 0 aliphatic rings. The third-order valence-corrected chi connectivity index (χ3v) is 2.47. The molecule has 0 saturated heterocycles. The first-order chi connectivity index (χ1) is 9.52. The Morgan fingerprint density at radius 1 is 1.30 bits per heavy atom. The fourth-order valence-corrected chi connectivity index (χ4v) is 1.60. The van der Waals surface area contributed by atoms with Gasteiger partial charge in [-0.2, -0.15) is 0 Å². The second-order valence-corrected chi connectivity index (χ2v) is 4.69. The highest BCUT2D eigenvalue weighted by Gasteiger charge is 2.07. The minimum Gasteiger partial charge on any atom is -0.370 e. The summed E-state index contributed by atoms with van der Waals surface area (Å²) in [6, 6.07) is 3.57. The van der Waals surface area contributed by atoms with Crippen molar-refractivity contribution in [1.29, 1.82) is 0 Å². The highest BCUT2D eigenvalue weighted by Crippen LogP contribution is 2.04. The summed E-state index contributed by atoms with van der Waals surface area (Å²) in [6.45, 7) is 6.86. The predicted molar refractivity (Wildman–Crippen MR) is 78.6 cm³/mol. The fraction of sp³-hybridized carbons (Fsp3) is 0.500. The van der Waals surface area contributed by atoms with E-state index < -0.39 is 0 Å². The largest absolute Gasteiger partial charge is 0.370 e. The fourth-order valence-electron chi connectivity index (χ4n) is 1.60. The normalized spacial score (nSPS) is 10.2. The number of anilines is 1. The lowest BCUT2D eigenvalue weighted by Crippen LogP contribution is -2.34. The lowest BCUT2D eigenvalue weighted by atomic mass is 10.2. The van der Waals surface area contributed by atoms with Crippen LogP contribution in [0.25, 0.3) is 0 Å².